The molecule has 1 fully saturated rings. The van der Waals surface area contributed by atoms with Crippen LogP contribution in [0.25, 0.3) is 0 Å². The van der Waals surface area contributed by atoms with Crippen molar-refractivity contribution in [2.45, 2.75) is 26.4 Å². The summed E-state index contributed by atoms with van der Waals surface area (Å²) in [6, 6.07) is 0. The van der Waals surface area contributed by atoms with Crippen molar-refractivity contribution in [3.05, 3.63) is 0 Å². The predicted molar refractivity (Wildman–Crippen MR) is 36.3 cm³/mol. The molecule has 0 saturated carbocycles. The minimum atomic E-state index is -1.61. The molecule has 0 N–H and O–H groups in total. The third-order valence-electron chi connectivity index (χ3n) is 1.50. The first-order valence-corrected chi connectivity index (χ1v) is 12.1. The van der Waals surface area contributed by atoms with Crippen molar-refractivity contribution < 1.29 is 0 Å². The molecule has 2 heteroatoms. The van der Waals surface area contributed by atoms with Gasteiger partial charge in [-0.05, 0) is 0 Å². The molecule has 0 aliphatic carbocycles. The Kier molecular flexibility index (Phi) is 1.91. The van der Waals surface area contributed by atoms with Gasteiger partial charge in [-0.25, -0.2) is 0 Å². The quantitative estimate of drug-likeness (QED) is 0.559. The number of rotatable bonds is 0. The van der Waals surface area contributed by atoms with E-state index in [1.807, 2.05) is 0 Å². The number of hydrogen-bond acceptors (Lipinski definition) is 0. The maximum atomic E-state index is 6.17. The molecular formula is C5H11ClSb. The summed E-state index contributed by atoms with van der Waals surface area (Å²) in [6.07, 6.45) is 2.84. The van der Waals surface area contributed by atoms with Crippen LogP contribution in [-0.2, 0) is 0 Å². The van der Waals surface area contributed by atoms with Gasteiger partial charge in [0, 0.05) is 0 Å². The van der Waals surface area contributed by atoms with E-state index in [-0.39, 0.29) is 0 Å². The second-order valence-corrected chi connectivity index (χ2v) is 17.7. The van der Waals surface area contributed by atoms with Crippen LogP contribution in [0.3, 0.4) is 0 Å². The van der Waals surface area contributed by atoms with Gasteiger partial charge in [0.25, 0.3) is 0 Å². The van der Waals surface area contributed by atoms with E-state index >= 15 is 0 Å². The van der Waals surface area contributed by atoms with Crippen molar-refractivity contribution in [2.24, 2.45) is 0 Å². The zero-order chi connectivity index (χ0) is 5.33. The molecule has 0 aromatic heterocycles. The molecule has 1 aliphatic rings. The molecule has 0 unspecified atom stereocenters. The van der Waals surface area contributed by atoms with Gasteiger partial charge >= 0.3 is 52.9 Å². The Morgan fingerprint density at radius 1 is 1.29 bits per heavy atom. The van der Waals surface area contributed by atoms with Gasteiger partial charge in [-0.15, -0.1) is 0 Å². The van der Waals surface area contributed by atoms with Crippen molar-refractivity contribution >= 4 is 26.5 Å². The van der Waals surface area contributed by atoms with Gasteiger partial charge in [-0.2, -0.15) is 0 Å². The molecule has 0 aromatic carbocycles. The van der Waals surface area contributed by atoms with Crippen molar-refractivity contribution in [3.63, 3.8) is 0 Å². The standard InChI is InChI=1S/C4H8.CH3.ClH.Sb/c1-3-4-2;;;/h1-4H2;1H3;1H;/q;;;+1/p-1. The van der Waals surface area contributed by atoms with Crippen molar-refractivity contribution in [2.75, 3.05) is 0 Å². The van der Waals surface area contributed by atoms with E-state index < -0.39 is 17.7 Å². The Balaban J connectivity index is 2.40. The number of halogens is 1. The molecule has 0 bridgehead atoms. The van der Waals surface area contributed by atoms with Crippen LogP contribution in [0.2, 0.25) is 13.6 Å². The fraction of sp³-hybridized carbons (Fsp3) is 1.00. The summed E-state index contributed by atoms with van der Waals surface area (Å²) in [5.74, 6) is 0. The van der Waals surface area contributed by atoms with Gasteiger partial charge in [0.05, 0.1) is 0 Å². The maximum absolute atomic E-state index is 6.17. The van der Waals surface area contributed by atoms with E-state index in [4.69, 9.17) is 8.83 Å². The summed E-state index contributed by atoms with van der Waals surface area (Å²) >= 11 is -1.61. The summed E-state index contributed by atoms with van der Waals surface area (Å²) < 4.78 is 2.83. The Morgan fingerprint density at radius 3 is 1.86 bits per heavy atom. The van der Waals surface area contributed by atoms with Gasteiger partial charge in [0.2, 0.25) is 0 Å². The summed E-state index contributed by atoms with van der Waals surface area (Å²) in [4.78, 5) is 2.33. The molecule has 0 spiro atoms. The molecule has 1 aliphatic heterocycles. The van der Waals surface area contributed by atoms with Crippen LogP contribution in [-0.4, -0.2) is 17.7 Å². The van der Waals surface area contributed by atoms with Gasteiger partial charge in [-0.3, -0.25) is 0 Å². The van der Waals surface area contributed by atoms with Crippen LogP contribution in [0.4, 0.5) is 0 Å². The van der Waals surface area contributed by atoms with E-state index in [1.165, 1.54) is 21.6 Å². The van der Waals surface area contributed by atoms with Crippen LogP contribution >= 0.6 is 8.83 Å². The van der Waals surface area contributed by atoms with Gasteiger partial charge in [0.15, 0.2) is 0 Å². The molecule has 1 radical (unpaired) electrons. The van der Waals surface area contributed by atoms with Gasteiger partial charge in [-0.1, -0.05) is 0 Å². The minimum absolute atomic E-state index is 1.42. The summed E-state index contributed by atoms with van der Waals surface area (Å²) in [5.41, 5.74) is 0. The zero-order valence-electron chi connectivity index (χ0n) is 4.65. The zero-order valence-corrected chi connectivity index (χ0v) is 7.96. The third kappa shape index (κ3) is 1.82. The molecule has 1 saturated heterocycles. The molecule has 0 amide bonds. The summed E-state index contributed by atoms with van der Waals surface area (Å²) in [7, 11) is 6.17. The first-order valence-electron chi connectivity index (χ1n) is 2.75. The molecule has 1 heterocycles. The fourth-order valence-electron chi connectivity index (χ4n) is 0.995. The average Bonchev–Trinajstić information content (AvgIpc) is 1.84. The van der Waals surface area contributed by atoms with E-state index in [2.05, 4.69) is 4.87 Å². The molecule has 0 nitrogen and oxygen atoms in total. The predicted octanol–water partition coefficient (Wildman–Crippen LogP) is 2.59. The molecule has 1 rings (SSSR count). The SMILES string of the molecule is [CH3][Sb]1([Cl])[CH2]CC[CH2]1. The van der Waals surface area contributed by atoms with Gasteiger partial charge in [0.1, 0.15) is 0 Å². The topological polar surface area (TPSA) is 0 Å². The fourth-order valence-corrected chi connectivity index (χ4v) is 8.28. The Hall–Kier alpha value is 1.11. The van der Waals surface area contributed by atoms with Gasteiger partial charge < -0.3 is 0 Å². The summed E-state index contributed by atoms with van der Waals surface area (Å²) in [6.45, 7) is 0. The van der Waals surface area contributed by atoms with Crippen molar-refractivity contribution in [1.82, 2.24) is 0 Å². The Morgan fingerprint density at radius 2 is 1.71 bits per heavy atom. The monoisotopic (exact) mass is 227 g/mol. The Bertz CT molecular complexity index is 62.5. The van der Waals surface area contributed by atoms with Crippen LogP contribution in [0, 0.1) is 0 Å². The second-order valence-electron chi connectivity index (χ2n) is 2.42. The third-order valence-corrected chi connectivity index (χ3v) is 10.9. The first-order chi connectivity index (χ1) is 3.21. The second kappa shape index (κ2) is 2.15. The van der Waals surface area contributed by atoms with E-state index in [9.17, 15) is 0 Å². The molecule has 43 valence electrons. The molecular weight excluding hydrogens is 217 g/mol. The number of hydrogen-bond donors (Lipinski definition) is 0. The molecule has 0 aromatic rings. The average molecular weight is 228 g/mol. The van der Waals surface area contributed by atoms with Crippen molar-refractivity contribution in [3.8, 4) is 0 Å². The Labute approximate surface area is 52.9 Å². The van der Waals surface area contributed by atoms with Crippen LogP contribution in [0.5, 0.6) is 0 Å². The van der Waals surface area contributed by atoms with Crippen molar-refractivity contribution in [1.29, 1.82) is 0 Å². The molecule has 7 heavy (non-hydrogen) atoms. The first kappa shape index (κ1) is 6.23. The van der Waals surface area contributed by atoms with Crippen LogP contribution in [0.15, 0.2) is 0 Å². The van der Waals surface area contributed by atoms with E-state index in [1.54, 1.807) is 0 Å². The summed E-state index contributed by atoms with van der Waals surface area (Å²) in [5, 5.41) is 0. The molecule has 0 atom stereocenters. The van der Waals surface area contributed by atoms with E-state index in [0.29, 0.717) is 0 Å². The van der Waals surface area contributed by atoms with Crippen LogP contribution < -0.4 is 0 Å². The van der Waals surface area contributed by atoms with Crippen LogP contribution in [0.1, 0.15) is 12.8 Å². The normalized spacial score (nSPS) is 28.3. The van der Waals surface area contributed by atoms with E-state index in [0.717, 1.165) is 0 Å².